The first-order valence-electron chi connectivity index (χ1n) is 9.94. The van der Waals surface area contributed by atoms with Crippen molar-refractivity contribution in [2.75, 3.05) is 13.1 Å². The topological polar surface area (TPSA) is 49.4 Å². The Morgan fingerprint density at radius 1 is 1.00 bits per heavy atom. The molecule has 2 aliphatic heterocycles. The van der Waals surface area contributed by atoms with E-state index in [1.165, 1.54) is 12.1 Å². The molecule has 2 aromatic rings. The molecule has 0 saturated carbocycles. The number of halogens is 1. The van der Waals surface area contributed by atoms with Crippen molar-refractivity contribution in [2.24, 2.45) is 5.92 Å². The van der Waals surface area contributed by atoms with Gasteiger partial charge < -0.3 is 0 Å². The summed E-state index contributed by atoms with van der Waals surface area (Å²) in [6, 6.07) is 16.6. The highest BCUT2D eigenvalue weighted by molar-refractivity contribution is 6.03. The number of carbonyl (C=O) groups excluding carboxylic acids is 2. The fraction of sp³-hybridized carbons (Fsp3) is 0.391. The molecular formula is C23H25FN2O2. The lowest BCUT2D eigenvalue weighted by atomic mass is 9.62. The molecule has 0 aromatic heterocycles. The van der Waals surface area contributed by atoms with Crippen LogP contribution in [0.3, 0.4) is 0 Å². The summed E-state index contributed by atoms with van der Waals surface area (Å²) < 4.78 is 13.1. The quantitative estimate of drug-likeness (QED) is 0.827. The molecular weight excluding hydrogens is 355 g/mol. The average molecular weight is 380 g/mol. The molecule has 4 nitrogen and oxygen atoms in total. The number of hydrogen-bond acceptors (Lipinski definition) is 3. The molecule has 2 aliphatic rings. The van der Waals surface area contributed by atoms with Gasteiger partial charge in [0.15, 0.2) is 0 Å². The molecule has 2 aromatic carbocycles. The molecule has 1 N–H and O–H groups in total. The summed E-state index contributed by atoms with van der Waals surface area (Å²) in [5.41, 5.74) is 1.48. The standard InChI is InChI=1S/C23H25FN2O2/c24-20-8-6-17(7-9-20)16-26-14-11-19(12-15-26)23(18-4-2-1-3-5-18)13-10-21(27)25-22(23)28/h1-9,19H,10-16H2,(H,25,27,28)/t23-/m1/s1. The number of piperidine rings is 2. The highest BCUT2D eigenvalue weighted by atomic mass is 19.1. The van der Waals surface area contributed by atoms with Crippen molar-refractivity contribution >= 4 is 11.8 Å². The molecule has 4 rings (SSSR count). The second-order valence-corrected chi connectivity index (χ2v) is 7.89. The molecule has 2 fully saturated rings. The third-order valence-corrected chi connectivity index (χ3v) is 6.30. The molecule has 0 bridgehead atoms. The van der Waals surface area contributed by atoms with Crippen LogP contribution in [0.25, 0.3) is 0 Å². The van der Waals surface area contributed by atoms with E-state index >= 15 is 0 Å². The molecule has 0 aliphatic carbocycles. The molecule has 0 spiro atoms. The maximum Gasteiger partial charge on any atom is 0.237 e. The zero-order valence-corrected chi connectivity index (χ0v) is 15.9. The molecule has 28 heavy (non-hydrogen) atoms. The van der Waals surface area contributed by atoms with Gasteiger partial charge in [0.2, 0.25) is 11.8 Å². The summed E-state index contributed by atoms with van der Waals surface area (Å²) in [7, 11) is 0. The van der Waals surface area contributed by atoms with Crippen molar-refractivity contribution in [1.82, 2.24) is 10.2 Å². The van der Waals surface area contributed by atoms with Gasteiger partial charge in [0.05, 0.1) is 5.41 Å². The Kier molecular flexibility index (Phi) is 5.27. The smallest absolute Gasteiger partial charge is 0.237 e. The largest absolute Gasteiger partial charge is 0.299 e. The molecule has 2 saturated heterocycles. The lowest BCUT2D eigenvalue weighted by Gasteiger charge is -2.45. The maximum atomic E-state index is 13.1. The SMILES string of the molecule is O=C1CC[C@@](c2ccccc2)(C2CCN(Cc3ccc(F)cc3)CC2)C(=O)N1. The summed E-state index contributed by atoms with van der Waals surface area (Å²) in [4.78, 5) is 27.2. The van der Waals surface area contributed by atoms with Crippen molar-refractivity contribution in [1.29, 1.82) is 0 Å². The Balaban J connectivity index is 1.51. The number of amides is 2. The van der Waals surface area contributed by atoms with E-state index in [1.807, 2.05) is 42.5 Å². The average Bonchev–Trinajstić information content (AvgIpc) is 2.72. The van der Waals surface area contributed by atoms with Crippen LogP contribution in [0.15, 0.2) is 54.6 Å². The second-order valence-electron chi connectivity index (χ2n) is 7.89. The van der Waals surface area contributed by atoms with Gasteiger partial charge in [0, 0.05) is 13.0 Å². The van der Waals surface area contributed by atoms with Crippen molar-refractivity contribution in [3.8, 4) is 0 Å². The minimum absolute atomic E-state index is 0.146. The van der Waals surface area contributed by atoms with Crippen molar-refractivity contribution in [3.05, 3.63) is 71.5 Å². The fourth-order valence-electron chi connectivity index (χ4n) is 4.79. The van der Waals surface area contributed by atoms with Gasteiger partial charge in [-0.3, -0.25) is 19.8 Å². The number of nitrogens with zero attached hydrogens (tertiary/aromatic N) is 1. The van der Waals surface area contributed by atoms with Gasteiger partial charge in [-0.25, -0.2) is 4.39 Å². The van der Waals surface area contributed by atoms with Crippen LogP contribution >= 0.6 is 0 Å². The summed E-state index contributed by atoms with van der Waals surface area (Å²) in [6.45, 7) is 2.56. The third kappa shape index (κ3) is 3.59. The molecule has 5 heteroatoms. The van der Waals surface area contributed by atoms with Crippen LogP contribution in [0.2, 0.25) is 0 Å². The molecule has 0 unspecified atom stereocenters. The minimum atomic E-state index is -0.628. The van der Waals surface area contributed by atoms with Gasteiger partial charge in [-0.1, -0.05) is 42.5 Å². The van der Waals surface area contributed by atoms with Gasteiger partial charge >= 0.3 is 0 Å². The molecule has 0 radical (unpaired) electrons. The Labute approximate surface area is 164 Å². The van der Waals surface area contributed by atoms with E-state index < -0.39 is 5.41 Å². The summed E-state index contributed by atoms with van der Waals surface area (Å²) in [5.74, 6) is -0.338. The number of benzene rings is 2. The van der Waals surface area contributed by atoms with Crippen LogP contribution in [-0.4, -0.2) is 29.8 Å². The highest BCUT2D eigenvalue weighted by Crippen LogP contribution is 2.44. The predicted octanol–water partition coefficient (Wildman–Crippen LogP) is 3.41. The van der Waals surface area contributed by atoms with Gasteiger partial charge in [-0.2, -0.15) is 0 Å². The molecule has 2 amide bonds. The lowest BCUT2D eigenvalue weighted by Crippen LogP contribution is -2.57. The molecule has 146 valence electrons. The van der Waals surface area contributed by atoms with Crippen LogP contribution in [0, 0.1) is 11.7 Å². The Morgan fingerprint density at radius 3 is 2.32 bits per heavy atom. The predicted molar refractivity (Wildman–Crippen MR) is 105 cm³/mol. The number of nitrogens with one attached hydrogen (secondary N) is 1. The van der Waals surface area contributed by atoms with Crippen LogP contribution in [-0.2, 0) is 21.5 Å². The van der Waals surface area contributed by atoms with E-state index in [1.54, 1.807) is 0 Å². The van der Waals surface area contributed by atoms with Crippen LogP contribution < -0.4 is 5.32 Å². The number of rotatable bonds is 4. The van der Waals surface area contributed by atoms with Gasteiger partial charge in [0.1, 0.15) is 5.82 Å². The zero-order chi connectivity index (χ0) is 19.6. The summed E-state index contributed by atoms with van der Waals surface area (Å²) in [6.07, 6.45) is 2.76. The molecule has 1 atom stereocenters. The Morgan fingerprint density at radius 2 is 1.68 bits per heavy atom. The Bertz CT molecular complexity index is 845. The van der Waals surface area contributed by atoms with Crippen LogP contribution in [0.4, 0.5) is 4.39 Å². The van der Waals surface area contributed by atoms with Crippen molar-refractivity contribution < 1.29 is 14.0 Å². The van der Waals surface area contributed by atoms with E-state index in [0.29, 0.717) is 12.8 Å². The number of hydrogen-bond donors (Lipinski definition) is 1. The van der Waals surface area contributed by atoms with Crippen LogP contribution in [0.1, 0.15) is 36.8 Å². The van der Waals surface area contributed by atoms with E-state index in [4.69, 9.17) is 0 Å². The van der Waals surface area contributed by atoms with E-state index in [9.17, 15) is 14.0 Å². The summed E-state index contributed by atoms with van der Waals surface area (Å²) in [5, 5.41) is 2.60. The first-order valence-corrected chi connectivity index (χ1v) is 9.94. The van der Waals surface area contributed by atoms with Crippen molar-refractivity contribution in [2.45, 2.75) is 37.6 Å². The minimum Gasteiger partial charge on any atom is -0.299 e. The molecule has 2 heterocycles. The first-order chi connectivity index (χ1) is 13.6. The monoisotopic (exact) mass is 380 g/mol. The van der Waals surface area contributed by atoms with Gasteiger partial charge in [-0.15, -0.1) is 0 Å². The van der Waals surface area contributed by atoms with Crippen molar-refractivity contribution in [3.63, 3.8) is 0 Å². The zero-order valence-electron chi connectivity index (χ0n) is 15.9. The lowest BCUT2D eigenvalue weighted by molar-refractivity contribution is -0.140. The van der Waals surface area contributed by atoms with Gasteiger partial charge in [-0.05, 0) is 61.5 Å². The van der Waals surface area contributed by atoms with Crippen LogP contribution in [0.5, 0.6) is 0 Å². The summed E-state index contributed by atoms with van der Waals surface area (Å²) >= 11 is 0. The maximum absolute atomic E-state index is 13.1. The fourth-order valence-corrected chi connectivity index (χ4v) is 4.79. The Hall–Kier alpha value is -2.53. The third-order valence-electron chi connectivity index (χ3n) is 6.30. The van der Waals surface area contributed by atoms with E-state index in [2.05, 4.69) is 10.2 Å². The van der Waals surface area contributed by atoms with E-state index in [0.717, 1.165) is 43.6 Å². The highest BCUT2D eigenvalue weighted by Gasteiger charge is 2.50. The number of carbonyl (C=O) groups is 2. The van der Waals surface area contributed by atoms with E-state index in [-0.39, 0.29) is 23.5 Å². The normalized spacial score (nSPS) is 24.2. The number of imide groups is 1. The second kappa shape index (κ2) is 7.84. The van der Waals surface area contributed by atoms with Gasteiger partial charge in [0.25, 0.3) is 0 Å². The number of likely N-dealkylation sites (tertiary alicyclic amines) is 1. The first kappa shape index (κ1) is 18.8.